The number of rotatable bonds is 4. The van der Waals surface area contributed by atoms with Gasteiger partial charge in [0.1, 0.15) is 11.6 Å². The second-order valence-corrected chi connectivity index (χ2v) is 6.16. The van der Waals surface area contributed by atoms with E-state index >= 15 is 0 Å². The summed E-state index contributed by atoms with van der Waals surface area (Å²) in [6.45, 7) is 0.688. The van der Waals surface area contributed by atoms with Crippen molar-refractivity contribution in [2.24, 2.45) is 0 Å². The SMILES string of the molecule is CNC(Cc1ccc(F)c(Br)c1)C1COc2ccccc21. The summed E-state index contributed by atoms with van der Waals surface area (Å²) in [5.41, 5.74) is 2.35. The van der Waals surface area contributed by atoms with Gasteiger partial charge in [0.25, 0.3) is 0 Å². The summed E-state index contributed by atoms with van der Waals surface area (Å²) >= 11 is 3.25. The summed E-state index contributed by atoms with van der Waals surface area (Å²) in [5.74, 6) is 1.06. The lowest BCUT2D eigenvalue weighted by Crippen LogP contribution is -2.35. The molecule has 0 amide bonds. The maximum absolute atomic E-state index is 13.3. The van der Waals surface area contributed by atoms with Gasteiger partial charge in [-0.15, -0.1) is 0 Å². The van der Waals surface area contributed by atoms with Gasteiger partial charge in [-0.25, -0.2) is 4.39 Å². The summed E-state index contributed by atoms with van der Waals surface area (Å²) in [7, 11) is 1.96. The van der Waals surface area contributed by atoms with E-state index in [2.05, 4.69) is 27.3 Å². The average Bonchev–Trinajstić information content (AvgIpc) is 2.92. The van der Waals surface area contributed by atoms with Crippen LogP contribution in [-0.4, -0.2) is 19.7 Å². The van der Waals surface area contributed by atoms with E-state index in [1.165, 1.54) is 11.6 Å². The van der Waals surface area contributed by atoms with Crippen molar-refractivity contribution in [3.63, 3.8) is 0 Å². The lowest BCUT2D eigenvalue weighted by molar-refractivity contribution is 0.302. The monoisotopic (exact) mass is 349 g/mol. The van der Waals surface area contributed by atoms with Crippen molar-refractivity contribution in [2.45, 2.75) is 18.4 Å². The molecular formula is C17H17BrFNO. The first-order valence-corrected chi connectivity index (χ1v) is 7.81. The number of ether oxygens (including phenoxy) is 1. The summed E-state index contributed by atoms with van der Waals surface area (Å²) in [6, 6.07) is 13.6. The first kappa shape index (κ1) is 14.5. The molecule has 2 unspecified atom stereocenters. The van der Waals surface area contributed by atoms with Crippen molar-refractivity contribution < 1.29 is 9.13 Å². The van der Waals surface area contributed by atoms with Gasteiger partial charge in [0.2, 0.25) is 0 Å². The molecule has 3 rings (SSSR count). The molecule has 2 atom stereocenters. The van der Waals surface area contributed by atoms with Crippen LogP contribution >= 0.6 is 15.9 Å². The zero-order valence-electron chi connectivity index (χ0n) is 11.8. The predicted octanol–water partition coefficient (Wildman–Crippen LogP) is 3.89. The molecule has 0 fully saturated rings. The van der Waals surface area contributed by atoms with Crippen molar-refractivity contribution in [3.8, 4) is 5.75 Å². The van der Waals surface area contributed by atoms with Crippen molar-refractivity contribution in [3.05, 3.63) is 63.9 Å². The fourth-order valence-electron chi connectivity index (χ4n) is 2.89. The maximum Gasteiger partial charge on any atom is 0.137 e. The molecule has 0 saturated carbocycles. The minimum atomic E-state index is -0.227. The van der Waals surface area contributed by atoms with Gasteiger partial charge in [0, 0.05) is 17.5 Å². The molecule has 0 bridgehead atoms. The van der Waals surface area contributed by atoms with Gasteiger partial charge in [-0.2, -0.15) is 0 Å². The van der Waals surface area contributed by atoms with Crippen LogP contribution in [-0.2, 0) is 6.42 Å². The third-order valence-electron chi connectivity index (χ3n) is 4.03. The number of fused-ring (bicyclic) bond motifs is 1. The van der Waals surface area contributed by atoms with E-state index in [1.54, 1.807) is 0 Å². The van der Waals surface area contributed by atoms with Crippen molar-refractivity contribution in [1.29, 1.82) is 0 Å². The Morgan fingerprint density at radius 1 is 1.33 bits per heavy atom. The van der Waals surface area contributed by atoms with Crippen LogP contribution in [0.3, 0.4) is 0 Å². The molecule has 0 radical (unpaired) electrons. The third kappa shape index (κ3) is 2.97. The average molecular weight is 350 g/mol. The van der Waals surface area contributed by atoms with Crippen LogP contribution < -0.4 is 10.1 Å². The Morgan fingerprint density at radius 3 is 2.90 bits per heavy atom. The lowest BCUT2D eigenvalue weighted by atomic mass is 9.89. The number of hydrogen-bond donors (Lipinski definition) is 1. The Morgan fingerprint density at radius 2 is 2.14 bits per heavy atom. The van der Waals surface area contributed by atoms with Crippen LogP contribution in [0.4, 0.5) is 4.39 Å². The molecule has 110 valence electrons. The molecule has 4 heteroatoms. The number of halogens is 2. The second-order valence-electron chi connectivity index (χ2n) is 5.30. The van der Waals surface area contributed by atoms with Crippen LogP contribution in [0.5, 0.6) is 5.75 Å². The molecule has 1 aliphatic heterocycles. The molecule has 0 aliphatic carbocycles. The number of hydrogen-bond acceptors (Lipinski definition) is 2. The van der Waals surface area contributed by atoms with Gasteiger partial charge in [0.15, 0.2) is 0 Å². The molecule has 2 aromatic rings. The lowest BCUT2D eigenvalue weighted by Gasteiger charge is -2.22. The Kier molecular flexibility index (Phi) is 4.27. The minimum Gasteiger partial charge on any atom is -0.493 e. The fraction of sp³-hybridized carbons (Fsp3) is 0.294. The van der Waals surface area contributed by atoms with E-state index in [0.29, 0.717) is 17.0 Å². The quantitative estimate of drug-likeness (QED) is 0.903. The molecule has 1 aliphatic rings. The number of para-hydroxylation sites is 1. The van der Waals surface area contributed by atoms with Gasteiger partial charge < -0.3 is 10.1 Å². The smallest absolute Gasteiger partial charge is 0.137 e. The molecular weight excluding hydrogens is 333 g/mol. The summed E-state index contributed by atoms with van der Waals surface area (Å²) in [5, 5.41) is 3.38. The Hall–Kier alpha value is -1.39. The predicted molar refractivity (Wildman–Crippen MR) is 85.3 cm³/mol. The maximum atomic E-state index is 13.3. The van der Waals surface area contributed by atoms with Crippen LogP contribution in [0, 0.1) is 5.82 Å². The topological polar surface area (TPSA) is 21.3 Å². The Balaban J connectivity index is 1.81. The highest BCUT2D eigenvalue weighted by Crippen LogP contribution is 2.36. The Bertz CT molecular complexity index is 646. The first-order chi connectivity index (χ1) is 10.2. The van der Waals surface area contributed by atoms with Crippen LogP contribution in [0.25, 0.3) is 0 Å². The molecule has 21 heavy (non-hydrogen) atoms. The highest BCUT2D eigenvalue weighted by atomic mass is 79.9. The Labute approximate surface area is 132 Å². The van der Waals surface area contributed by atoms with Crippen LogP contribution in [0.15, 0.2) is 46.9 Å². The van der Waals surface area contributed by atoms with Gasteiger partial charge >= 0.3 is 0 Å². The number of likely N-dealkylation sites (N-methyl/N-ethyl adjacent to an activating group) is 1. The summed E-state index contributed by atoms with van der Waals surface area (Å²) in [4.78, 5) is 0. The third-order valence-corrected chi connectivity index (χ3v) is 4.64. The zero-order valence-corrected chi connectivity index (χ0v) is 13.4. The van der Waals surface area contributed by atoms with Crippen LogP contribution in [0.2, 0.25) is 0 Å². The van der Waals surface area contributed by atoms with Crippen molar-refractivity contribution in [2.75, 3.05) is 13.7 Å². The van der Waals surface area contributed by atoms with Gasteiger partial charge in [-0.3, -0.25) is 0 Å². The van der Waals surface area contributed by atoms with Gasteiger partial charge in [-0.1, -0.05) is 24.3 Å². The largest absolute Gasteiger partial charge is 0.493 e. The van der Waals surface area contributed by atoms with E-state index < -0.39 is 0 Å². The molecule has 2 nitrogen and oxygen atoms in total. The van der Waals surface area contributed by atoms with E-state index in [-0.39, 0.29) is 11.9 Å². The molecule has 2 aromatic carbocycles. The molecule has 0 spiro atoms. The van der Waals surface area contributed by atoms with Crippen molar-refractivity contribution >= 4 is 15.9 Å². The normalized spacial score (nSPS) is 18.1. The van der Waals surface area contributed by atoms with E-state index in [4.69, 9.17) is 4.74 Å². The first-order valence-electron chi connectivity index (χ1n) is 7.02. The molecule has 1 N–H and O–H groups in total. The van der Waals surface area contributed by atoms with Crippen LogP contribution in [0.1, 0.15) is 17.0 Å². The van der Waals surface area contributed by atoms with E-state index in [0.717, 1.165) is 17.7 Å². The van der Waals surface area contributed by atoms with Crippen molar-refractivity contribution in [1.82, 2.24) is 5.32 Å². The minimum absolute atomic E-state index is 0.227. The number of benzene rings is 2. The summed E-state index contributed by atoms with van der Waals surface area (Å²) in [6.07, 6.45) is 0.831. The number of nitrogens with one attached hydrogen (secondary N) is 1. The highest BCUT2D eigenvalue weighted by molar-refractivity contribution is 9.10. The molecule has 0 saturated heterocycles. The molecule has 1 heterocycles. The standard InChI is InChI=1S/C17H17BrFNO/c1-20-16(9-11-6-7-15(19)14(18)8-11)13-10-21-17-5-3-2-4-12(13)17/h2-8,13,16,20H,9-10H2,1H3. The van der Waals surface area contributed by atoms with E-state index in [1.807, 2.05) is 37.4 Å². The summed E-state index contributed by atoms with van der Waals surface area (Å²) < 4.78 is 19.6. The van der Waals surface area contributed by atoms with E-state index in [9.17, 15) is 4.39 Å². The zero-order chi connectivity index (χ0) is 14.8. The molecule has 0 aromatic heterocycles. The van der Waals surface area contributed by atoms with Gasteiger partial charge in [-0.05, 0) is 53.2 Å². The second kappa shape index (κ2) is 6.16. The fourth-order valence-corrected chi connectivity index (χ4v) is 3.31. The van der Waals surface area contributed by atoms with Gasteiger partial charge in [0.05, 0.1) is 11.1 Å². The highest BCUT2D eigenvalue weighted by Gasteiger charge is 2.30.